The average Bonchev–Trinajstić information content (AvgIpc) is 3.04. The Morgan fingerprint density at radius 2 is 2.21 bits per heavy atom. The molecule has 7 heteroatoms. The first kappa shape index (κ1) is 16.0. The van der Waals surface area contributed by atoms with Crippen LogP contribution in [0.25, 0.3) is 0 Å². The van der Waals surface area contributed by atoms with Crippen molar-refractivity contribution in [3.8, 4) is 5.75 Å². The van der Waals surface area contributed by atoms with Crippen LogP contribution in [-0.2, 0) is 7.05 Å². The molecule has 0 saturated carbocycles. The average molecular weight is 328 g/mol. The lowest BCUT2D eigenvalue weighted by molar-refractivity contribution is 0.0945. The van der Waals surface area contributed by atoms with E-state index in [1.54, 1.807) is 37.5 Å². The number of hydrogen-bond donors (Lipinski definition) is 2. The Hall–Kier alpha value is -2.83. The van der Waals surface area contributed by atoms with Crippen molar-refractivity contribution in [1.29, 1.82) is 0 Å². The second kappa shape index (κ2) is 6.74. The number of para-hydroxylation sites is 1. The second-order valence-electron chi connectivity index (χ2n) is 6.00. The molecule has 1 aliphatic heterocycles. The van der Waals surface area contributed by atoms with Crippen molar-refractivity contribution in [2.24, 2.45) is 13.0 Å². The van der Waals surface area contributed by atoms with Gasteiger partial charge in [0.05, 0.1) is 17.4 Å². The fraction of sp³-hybridized carbons (Fsp3) is 0.353. The maximum atomic E-state index is 12.1. The highest BCUT2D eigenvalue weighted by Gasteiger charge is 2.24. The Morgan fingerprint density at radius 3 is 2.96 bits per heavy atom. The zero-order chi connectivity index (χ0) is 17.1. The number of phenolic OH excluding ortho intramolecular Hbond substituents is 1. The number of carbonyl (C=O) groups is 1. The zero-order valence-corrected chi connectivity index (χ0v) is 13.5. The highest BCUT2D eigenvalue weighted by molar-refractivity contribution is 5.96. The van der Waals surface area contributed by atoms with Crippen LogP contribution < -0.4 is 15.8 Å². The standard InChI is InChI=1S/C17H20N4O3/c1-20-16(23)8-13(10-19-20)21-7-6-12(11-21)9-18-17(24)14-4-2-3-5-15(14)22/h2-5,8,10,12,22H,6-7,9,11H2,1H3,(H,18,24)/t12-/m1/s1. The van der Waals surface area contributed by atoms with E-state index in [9.17, 15) is 14.7 Å². The molecule has 0 radical (unpaired) electrons. The van der Waals surface area contributed by atoms with Crippen LogP contribution in [0.5, 0.6) is 5.75 Å². The summed E-state index contributed by atoms with van der Waals surface area (Å²) in [7, 11) is 1.62. The quantitative estimate of drug-likeness (QED) is 0.864. The molecular formula is C17H20N4O3. The fourth-order valence-electron chi connectivity index (χ4n) is 2.86. The van der Waals surface area contributed by atoms with Gasteiger partial charge in [-0.05, 0) is 24.5 Å². The summed E-state index contributed by atoms with van der Waals surface area (Å²) in [5.41, 5.74) is 0.958. The van der Waals surface area contributed by atoms with Crippen LogP contribution in [-0.4, -0.2) is 40.4 Å². The van der Waals surface area contributed by atoms with Crippen LogP contribution in [0.1, 0.15) is 16.8 Å². The zero-order valence-electron chi connectivity index (χ0n) is 13.5. The Balaban J connectivity index is 1.56. The number of aromatic hydroxyl groups is 1. The molecule has 24 heavy (non-hydrogen) atoms. The number of phenols is 1. The number of rotatable bonds is 4. The van der Waals surface area contributed by atoms with Crippen LogP contribution in [0.3, 0.4) is 0 Å². The predicted molar refractivity (Wildman–Crippen MR) is 90.2 cm³/mol. The monoisotopic (exact) mass is 328 g/mol. The number of aryl methyl sites for hydroxylation is 1. The van der Waals surface area contributed by atoms with Gasteiger partial charge in [0.15, 0.2) is 0 Å². The molecule has 0 unspecified atom stereocenters. The number of carbonyl (C=O) groups excluding carboxylic acids is 1. The van der Waals surface area contributed by atoms with E-state index in [-0.39, 0.29) is 22.8 Å². The molecule has 1 aliphatic rings. The van der Waals surface area contributed by atoms with Crippen LogP contribution in [0, 0.1) is 5.92 Å². The number of amides is 1. The molecule has 2 N–H and O–H groups in total. The van der Waals surface area contributed by atoms with Crippen molar-refractivity contribution in [2.75, 3.05) is 24.5 Å². The lowest BCUT2D eigenvalue weighted by atomic mass is 10.1. The molecule has 0 bridgehead atoms. The Bertz CT molecular complexity index is 802. The predicted octanol–water partition coefficient (Wildman–Crippen LogP) is 0.742. The Morgan fingerprint density at radius 1 is 1.42 bits per heavy atom. The number of nitrogens with zero attached hydrogens (tertiary/aromatic N) is 3. The third-order valence-corrected chi connectivity index (χ3v) is 4.30. The van der Waals surface area contributed by atoms with E-state index in [2.05, 4.69) is 15.3 Å². The first-order valence-corrected chi connectivity index (χ1v) is 7.89. The van der Waals surface area contributed by atoms with E-state index in [1.807, 2.05) is 0 Å². The second-order valence-corrected chi connectivity index (χ2v) is 6.00. The molecule has 1 atom stereocenters. The van der Waals surface area contributed by atoms with E-state index in [1.165, 1.54) is 10.7 Å². The summed E-state index contributed by atoms with van der Waals surface area (Å²) >= 11 is 0. The summed E-state index contributed by atoms with van der Waals surface area (Å²) in [5.74, 6) is -0.0000799. The number of nitrogens with one attached hydrogen (secondary N) is 1. The molecule has 2 heterocycles. The molecule has 1 aromatic heterocycles. The maximum absolute atomic E-state index is 12.1. The van der Waals surface area contributed by atoms with Crippen LogP contribution >= 0.6 is 0 Å². The van der Waals surface area contributed by atoms with Gasteiger partial charge in [0.25, 0.3) is 11.5 Å². The van der Waals surface area contributed by atoms with Gasteiger partial charge < -0.3 is 15.3 Å². The number of benzene rings is 1. The SMILES string of the molecule is Cn1ncc(N2CC[C@H](CNC(=O)c3ccccc3O)C2)cc1=O. The van der Waals surface area contributed by atoms with Gasteiger partial charge in [-0.2, -0.15) is 5.10 Å². The largest absolute Gasteiger partial charge is 0.507 e. The molecule has 0 aliphatic carbocycles. The maximum Gasteiger partial charge on any atom is 0.268 e. The third kappa shape index (κ3) is 3.40. The lowest BCUT2D eigenvalue weighted by Crippen LogP contribution is -2.31. The minimum absolute atomic E-state index is 0.0192. The number of aromatic nitrogens is 2. The van der Waals surface area contributed by atoms with E-state index >= 15 is 0 Å². The van der Waals surface area contributed by atoms with Gasteiger partial charge in [-0.25, -0.2) is 4.68 Å². The summed E-state index contributed by atoms with van der Waals surface area (Å²) in [5, 5.41) is 16.6. The van der Waals surface area contributed by atoms with Crippen molar-refractivity contribution < 1.29 is 9.90 Å². The smallest absolute Gasteiger partial charge is 0.268 e. The van der Waals surface area contributed by atoms with E-state index < -0.39 is 0 Å². The van der Waals surface area contributed by atoms with Gasteiger partial charge in [0.2, 0.25) is 0 Å². The summed E-state index contributed by atoms with van der Waals surface area (Å²) in [6.45, 7) is 2.11. The van der Waals surface area contributed by atoms with Crippen molar-refractivity contribution in [3.63, 3.8) is 0 Å². The minimum atomic E-state index is -0.276. The molecule has 0 spiro atoms. The molecule has 7 nitrogen and oxygen atoms in total. The highest BCUT2D eigenvalue weighted by Crippen LogP contribution is 2.22. The van der Waals surface area contributed by atoms with E-state index in [0.717, 1.165) is 25.2 Å². The summed E-state index contributed by atoms with van der Waals surface area (Å²) in [6.07, 6.45) is 2.61. The molecule has 1 saturated heterocycles. The summed E-state index contributed by atoms with van der Waals surface area (Å²) in [6, 6.07) is 8.07. The van der Waals surface area contributed by atoms with Crippen LogP contribution in [0.15, 0.2) is 41.3 Å². The molecule has 3 rings (SSSR count). The first-order chi connectivity index (χ1) is 11.5. The first-order valence-electron chi connectivity index (χ1n) is 7.89. The van der Waals surface area contributed by atoms with Crippen molar-refractivity contribution in [2.45, 2.75) is 6.42 Å². The summed E-state index contributed by atoms with van der Waals surface area (Å²) in [4.78, 5) is 25.9. The third-order valence-electron chi connectivity index (χ3n) is 4.30. The normalized spacial score (nSPS) is 17.0. The van der Waals surface area contributed by atoms with Gasteiger partial charge in [0, 0.05) is 32.7 Å². The van der Waals surface area contributed by atoms with Crippen molar-refractivity contribution >= 4 is 11.6 Å². The van der Waals surface area contributed by atoms with Gasteiger partial charge >= 0.3 is 0 Å². The van der Waals surface area contributed by atoms with Gasteiger partial charge in [-0.1, -0.05) is 12.1 Å². The molecule has 2 aromatic rings. The Kier molecular flexibility index (Phi) is 4.50. The molecule has 1 fully saturated rings. The lowest BCUT2D eigenvalue weighted by Gasteiger charge is -2.18. The summed E-state index contributed by atoms with van der Waals surface area (Å²) < 4.78 is 1.30. The molecule has 1 amide bonds. The van der Waals surface area contributed by atoms with Gasteiger partial charge in [-0.15, -0.1) is 0 Å². The van der Waals surface area contributed by atoms with Crippen LogP contribution in [0.2, 0.25) is 0 Å². The molecule has 126 valence electrons. The fourth-order valence-corrected chi connectivity index (χ4v) is 2.86. The van der Waals surface area contributed by atoms with Crippen molar-refractivity contribution in [3.05, 3.63) is 52.4 Å². The molecular weight excluding hydrogens is 308 g/mol. The van der Waals surface area contributed by atoms with Gasteiger partial charge in [0.1, 0.15) is 5.75 Å². The number of hydrogen-bond acceptors (Lipinski definition) is 5. The molecule has 1 aromatic carbocycles. The van der Waals surface area contributed by atoms with E-state index in [4.69, 9.17) is 0 Å². The highest BCUT2D eigenvalue weighted by atomic mass is 16.3. The Labute approximate surface area is 139 Å². The topological polar surface area (TPSA) is 87.5 Å². The van der Waals surface area contributed by atoms with Gasteiger partial charge in [-0.3, -0.25) is 9.59 Å². The van der Waals surface area contributed by atoms with Crippen LogP contribution in [0.4, 0.5) is 5.69 Å². The van der Waals surface area contributed by atoms with Crippen molar-refractivity contribution in [1.82, 2.24) is 15.1 Å². The number of anilines is 1. The minimum Gasteiger partial charge on any atom is -0.507 e. The van der Waals surface area contributed by atoms with E-state index in [0.29, 0.717) is 12.5 Å².